The molecule has 114 valence electrons. The molecule has 0 bridgehead atoms. The van der Waals surface area contributed by atoms with Crippen molar-refractivity contribution in [3.05, 3.63) is 47.5 Å². The van der Waals surface area contributed by atoms with E-state index in [-0.39, 0.29) is 5.41 Å². The average Bonchev–Trinajstić information content (AvgIpc) is 2.94. The average molecular weight is 298 g/mol. The van der Waals surface area contributed by atoms with Gasteiger partial charge in [-0.2, -0.15) is 0 Å². The fourth-order valence-electron chi connectivity index (χ4n) is 2.58. The highest BCUT2D eigenvalue weighted by Crippen LogP contribution is 2.48. The Kier molecular flexibility index (Phi) is 2.48. The molecule has 2 aromatic rings. The first kappa shape index (κ1) is 13.3. The van der Waals surface area contributed by atoms with Crippen LogP contribution in [0.4, 0.5) is 0 Å². The molecule has 22 heavy (non-hydrogen) atoms. The second kappa shape index (κ2) is 4.09. The van der Waals surface area contributed by atoms with Gasteiger partial charge < -0.3 is 18.9 Å². The summed E-state index contributed by atoms with van der Waals surface area (Å²) in [5, 5.41) is 0. The fraction of sp³-hybridized carbons (Fsp3) is 0.333. The SMILES string of the molecule is Cc1ccc2c(c1)OC1(O2)Oc2ccc(C(C)(C)C)cc2O1. The van der Waals surface area contributed by atoms with E-state index in [1.54, 1.807) is 0 Å². The number of rotatable bonds is 0. The van der Waals surface area contributed by atoms with Gasteiger partial charge in [0.25, 0.3) is 0 Å². The van der Waals surface area contributed by atoms with Gasteiger partial charge in [0.1, 0.15) is 0 Å². The molecule has 2 aliphatic rings. The van der Waals surface area contributed by atoms with Crippen LogP contribution in [0, 0.1) is 6.92 Å². The minimum Gasteiger partial charge on any atom is -0.382 e. The van der Waals surface area contributed by atoms with E-state index in [2.05, 4.69) is 20.8 Å². The van der Waals surface area contributed by atoms with Crippen molar-refractivity contribution >= 4 is 0 Å². The van der Waals surface area contributed by atoms with Gasteiger partial charge >= 0.3 is 6.16 Å². The smallest absolute Gasteiger partial charge is 0.382 e. The Labute approximate surface area is 129 Å². The summed E-state index contributed by atoms with van der Waals surface area (Å²) in [6.45, 7) is 8.46. The Hall–Kier alpha value is -2.36. The van der Waals surface area contributed by atoms with Crippen LogP contribution in [0.5, 0.6) is 23.0 Å². The van der Waals surface area contributed by atoms with Crippen molar-refractivity contribution < 1.29 is 18.9 Å². The number of aryl methyl sites for hydroxylation is 1. The standard InChI is InChI=1S/C18H18O4/c1-11-5-7-13-15(9-11)21-18(19-13)20-14-8-6-12(17(2,3)4)10-16(14)22-18/h5-10H,1-4H3. The van der Waals surface area contributed by atoms with E-state index in [4.69, 9.17) is 18.9 Å². The first-order valence-electron chi connectivity index (χ1n) is 7.36. The van der Waals surface area contributed by atoms with E-state index >= 15 is 0 Å². The third-order valence-electron chi connectivity index (χ3n) is 3.85. The van der Waals surface area contributed by atoms with Gasteiger partial charge in [-0.15, -0.1) is 0 Å². The van der Waals surface area contributed by atoms with Gasteiger partial charge in [0.2, 0.25) is 0 Å². The first-order chi connectivity index (χ1) is 10.3. The molecular weight excluding hydrogens is 280 g/mol. The minimum absolute atomic E-state index is 0.0333. The molecule has 1 atom stereocenters. The van der Waals surface area contributed by atoms with E-state index in [1.165, 1.54) is 5.56 Å². The lowest BCUT2D eigenvalue weighted by atomic mass is 9.87. The predicted molar refractivity (Wildman–Crippen MR) is 81.6 cm³/mol. The Bertz CT molecular complexity index is 760. The van der Waals surface area contributed by atoms with Crippen molar-refractivity contribution in [3.63, 3.8) is 0 Å². The molecule has 0 saturated carbocycles. The van der Waals surface area contributed by atoms with Crippen molar-refractivity contribution in [1.82, 2.24) is 0 Å². The first-order valence-corrected chi connectivity index (χ1v) is 7.36. The van der Waals surface area contributed by atoms with Gasteiger partial charge in [0, 0.05) is 0 Å². The molecule has 2 aliphatic heterocycles. The molecule has 0 radical (unpaired) electrons. The van der Waals surface area contributed by atoms with Gasteiger partial charge in [0.15, 0.2) is 23.0 Å². The van der Waals surface area contributed by atoms with Crippen LogP contribution >= 0.6 is 0 Å². The highest BCUT2D eigenvalue weighted by atomic mass is 17.0. The van der Waals surface area contributed by atoms with Crippen LogP contribution in [-0.2, 0) is 5.41 Å². The quantitative estimate of drug-likeness (QED) is 0.732. The molecule has 2 aromatic carbocycles. The number of benzene rings is 2. The fourth-order valence-corrected chi connectivity index (χ4v) is 2.58. The maximum Gasteiger partial charge on any atom is 0.611 e. The molecule has 4 nitrogen and oxygen atoms in total. The summed E-state index contributed by atoms with van der Waals surface area (Å²) in [5.74, 6) is 2.51. The second-order valence-electron chi connectivity index (χ2n) is 6.77. The highest BCUT2D eigenvalue weighted by molar-refractivity contribution is 5.50. The van der Waals surface area contributed by atoms with Gasteiger partial charge in [0.05, 0.1) is 0 Å². The molecular formula is C18H18O4. The monoisotopic (exact) mass is 298 g/mol. The molecule has 1 unspecified atom stereocenters. The summed E-state index contributed by atoms with van der Waals surface area (Å²) in [4.78, 5) is 0. The van der Waals surface area contributed by atoms with Crippen LogP contribution in [0.25, 0.3) is 0 Å². The summed E-state index contributed by atoms with van der Waals surface area (Å²) >= 11 is 0. The third-order valence-corrected chi connectivity index (χ3v) is 3.85. The second-order valence-corrected chi connectivity index (χ2v) is 6.77. The molecule has 0 fully saturated rings. The molecule has 4 rings (SSSR count). The zero-order valence-electron chi connectivity index (χ0n) is 13.1. The van der Waals surface area contributed by atoms with Crippen molar-refractivity contribution in [2.45, 2.75) is 39.3 Å². The summed E-state index contributed by atoms with van der Waals surface area (Å²) in [6.07, 6.45) is -1.53. The number of hydrogen-bond donors (Lipinski definition) is 0. The molecule has 4 heteroatoms. The minimum atomic E-state index is -1.53. The maximum absolute atomic E-state index is 5.85. The summed E-state index contributed by atoms with van der Waals surface area (Å²) < 4.78 is 23.2. The Morgan fingerprint density at radius 1 is 0.727 bits per heavy atom. The highest BCUT2D eigenvalue weighted by Gasteiger charge is 2.54. The number of ether oxygens (including phenoxy) is 4. The predicted octanol–water partition coefficient (Wildman–Crippen LogP) is 4.15. The summed E-state index contributed by atoms with van der Waals surface area (Å²) in [6, 6.07) is 11.6. The van der Waals surface area contributed by atoms with Gasteiger partial charge in [-0.05, 0) is 47.7 Å². The van der Waals surface area contributed by atoms with Crippen LogP contribution < -0.4 is 18.9 Å². The van der Waals surface area contributed by atoms with Crippen LogP contribution in [-0.4, -0.2) is 6.16 Å². The lowest BCUT2D eigenvalue weighted by molar-refractivity contribution is -0.330. The summed E-state index contributed by atoms with van der Waals surface area (Å²) in [5.41, 5.74) is 2.29. The van der Waals surface area contributed by atoms with Gasteiger partial charge in [-0.1, -0.05) is 32.9 Å². The molecule has 0 saturated heterocycles. The van der Waals surface area contributed by atoms with Crippen LogP contribution in [0.15, 0.2) is 36.4 Å². The van der Waals surface area contributed by atoms with E-state index < -0.39 is 6.16 Å². The molecule has 0 N–H and O–H groups in total. The maximum atomic E-state index is 5.85. The Morgan fingerprint density at radius 3 is 1.91 bits per heavy atom. The normalized spacial score (nSPS) is 21.5. The Balaban J connectivity index is 1.66. The molecule has 2 heterocycles. The van der Waals surface area contributed by atoms with E-state index in [1.807, 2.05) is 43.3 Å². The van der Waals surface area contributed by atoms with Crippen LogP contribution in [0.1, 0.15) is 31.9 Å². The third kappa shape index (κ3) is 1.98. The number of fused-ring (bicyclic) bond motifs is 2. The lowest BCUT2D eigenvalue weighted by Crippen LogP contribution is -2.47. The molecule has 0 aromatic heterocycles. The largest absolute Gasteiger partial charge is 0.611 e. The molecule has 1 spiro atoms. The molecule has 0 amide bonds. The lowest BCUT2D eigenvalue weighted by Gasteiger charge is -2.19. The summed E-state index contributed by atoms with van der Waals surface area (Å²) in [7, 11) is 0. The van der Waals surface area contributed by atoms with Crippen molar-refractivity contribution in [2.24, 2.45) is 0 Å². The van der Waals surface area contributed by atoms with Crippen LogP contribution in [0.3, 0.4) is 0 Å². The van der Waals surface area contributed by atoms with E-state index in [0.717, 1.165) is 5.56 Å². The van der Waals surface area contributed by atoms with Crippen molar-refractivity contribution in [3.8, 4) is 23.0 Å². The zero-order chi connectivity index (χ0) is 15.5. The van der Waals surface area contributed by atoms with Crippen molar-refractivity contribution in [2.75, 3.05) is 0 Å². The van der Waals surface area contributed by atoms with Crippen LogP contribution in [0.2, 0.25) is 0 Å². The van der Waals surface area contributed by atoms with E-state index in [9.17, 15) is 0 Å². The topological polar surface area (TPSA) is 36.9 Å². The van der Waals surface area contributed by atoms with Gasteiger partial charge in [-0.3, -0.25) is 0 Å². The van der Waals surface area contributed by atoms with Gasteiger partial charge in [-0.25, -0.2) is 0 Å². The number of hydrogen-bond acceptors (Lipinski definition) is 4. The van der Waals surface area contributed by atoms with E-state index in [0.29, 0.717) is 23.0 Å². The van der Waals surface area contributed by atoms with Crippen molar-refractivity contribution in [1.29, 1.82) is 0 Å². The molecule has 0 aliphatic carbocycles. The Morgan fingerprint density at radius 2 is 1.27 bits per heavy atom. The zero-order valence-corrected chi connectivity index (χ0v) is 13.1.